The van der Waals surface area contributed by atoms with E-state index in [4.69, 9.17) is 14.5 Å². The van der Waals surface area contributed by atoms with Gasteiger partial charge in [0, 0.05) is 28.8 Å². The van der Waals surface area contributed by atoms with Crippen molar-refractivity contribution < 1.29 is 9.47 Å². The standard InChI is InChI=1S/C29H23NO2/c1-31-27-19-11-9-17-25(27)30-20-24-28(21-12-4-2-5-13-21)23-16-8-10-18-26(23)32-29(24)22-14-6-3-7-15-22/h2-20,28H,1H3/t28-/m0/s1. The zero-order valence-corrected chi connectivity index (χ0v) is 17.8. The molecule has 3 heteroatoms. The second-order valence-corrected chi connectivity index (χ2v) is 7.56. The zero-order valence-electron chi connectivity index (χ0n) is 17.8. The summed E-state index contributed by atoms with van der Waals surface area (Å²) in [6.45, 7) is 0. The first-order chi connectivity index (χ1) is 15.8. The fraction of sp³-hybridized carbons (Fsp3) is 0.0690. The molecule has 0 fully saturated rings. The Hall–Kier alpha value is -4.11. The molecule has 0 aliphatic carbocycles. The Kier molecular flexibility index (Phi) is 5.54. The first-order valence-corrected chi connectivity index (χ1v) is 10.6. The lowest BCUT2D eigenvalue weighted by atomic mass is 9.81. The molecule has 5 rings (SSSR count). The van der Waals surface area contributed by atoms with Crippen molar-refractivity contribution in [3.63, 3.8) is 0 Å². The van der Waals surface area contributed by atoms with Crippen LogP contribution in [0.25, 0.3) is 5.76 Å². The third-order valence-electron chi connectivity index (χ3n) is 5.61. The first-order valence-electron chi connectivity index (χ1n) is 10.6. The van der Waals surface area contributed by atoms with Gasteiger partial charge < -0.3 is 9.47 Å². The van der Waals surface area contributed by atoms with E-state index in [1.54, 1.807) is 7.11 Å². The normalized spacial score (nSPS) is 15.3. The number of methoxy groups -OCH3 is 1. The van der Waals surface area contributed by atoms with Crippen LogP contribution in [-0.4, -0.2) is 13.3 Å². The summed E-state index contributed by atoms with van der Waals surface area (Å²) in [5.41, 5.74) is 5.12. The Balaban J connectivity index is 1.73. The number of ether oxygens (including phenoxy) is 2. The van der Waals surface area contributed by atoms with Crippen molar-refractivity contribution in [3.05, 3.63) is 131 Å². The fourth-order valence-electron chi connectivity index (χ4n) is 4.11. The Labute approximate surface area is 188 Å². The van der Waals surface area contributed by atoms with Gasteiger partial charge in [-0.1, -0.05) is 91.0 Å². The van der Waals surface area contributed by atoms with E-state index in [2.05, 4.69) is 48.5 Å². The highest BCUT2D eigenvalue weighted by atomic mass is 16.5. The van der Waals surface area contributed by atoms with Crippen LogP contribution in [0.2, 0.25) is 0 Å². The van der Waals surface area contributed by atoms with Crippen LogP contribution in [0, 0.1) is 0 Å². The minimum absolute atomic E-state index is 0.00480. The number of benzene rings is 4. The van der Waals surface area contributed by atoms with E-state index in [1.165, 1.54) is 5.56 Å². The van der Waals surface area contributed by atoms with Gasteiger partial charge in [0.2, 0.25) is 0 Å². The lowest BCUT2D eigenvalue weighted by Gasteiger charge is -2.30. The number of fused-ring (bicyclic) bond motifs is 1. The van der Waals surface area contributed by atoms with Crippen molar-refractivity contribution in [3.8, 4) is 11.5 Å². The van der Waals surface area contributed by atoms with Crippen LogP contribution in [0.3, 0.4) is 0 Å². The lowest BCUT2D eigenvalue weighted by Crippen LogP contribution is -2.17. The van der Waals surface area contributed by atoms with Crippen molar-refractivity contribution in [1.82, 2.24) is 0 Å². The summed E-state index contributed by atoms with van der Waals surface area (Å²) in [6.07, 6.45) is 1.92. The van der Waals surface area contributed by atoms with Crippen LogP contribution in [0.4, 0.5) is 5.69 Å². The highest BCUT2D eigenvalue weighted by Gasteiger charge is 2.30. The minimum Gasteiger partial charge on any atom is -0.494 e. The van der Waals surface area contributed by atoms with Gasteiger partial charge in [0.25, 0.3) is 0 Å². The van der Waals surface area contributed by atoms with Gasteiger partial charge in [-0.25, -0.2) is 0 Å². The van der Waals surface area contributed by atoms with Crippen LogP contribution in [0.5, 0.6) is 11.5 Å². The van der Waals surface area contributed by atoms with E-state index in [1.807, 2.05) is 66.9 Å². The molecule has 4 aromatic carbocycles. The predicted octanol–water partition coefficient (Wildman–Crippen LogP) is 7.03. The monoisotopic (exact) mass is 417 g/mol. The Bertz CT molecular complexity index is 1280. The largest absolute Gasteiger partial charge is 0.494 e. The number of rotatable bonds is 5. The molecule has 0 saturated heterocycles. The molecule has 3 nitrogen and oxygen atoms in total. The molecule has 0 aromatic heterocycles. The summed E-state index contributed by atoms with van der Waals surface area (Å²) < 4.78 is 12.0. The average molecular weight is 418 g/mol. The van der Waals surface area contributed by atoms with Gasteiger partial charge in [0.05, 0.1) is 7.11 Å². The third-order valence-corrected chi connectivity index (χ3v) is 5.61. The maximum absolute atomic E-state index is 6.48. The molecule has 32 heavy (non-hydrogen) atoms. The number of hydrogen-bond donors (Lipinski definition) is 0. The molecule has 0 radical (unpaired) electrons. The topological polar surface area (TPSA) is 30.8 Å². The number of nitrogens with zero attached hydrogens (tertiary/aromatic N) is 1. The summed E-state index contributed by atoms with van der Waals surface area (Å²) in [5, 5.41) is 0. The fourth-order valence-corrected chi connectivity index (χ4v) is 4.11. The van der Waals surface area contributed by atoms with Gasteiger partial charge in [-0.05, 0) is 23.8 Å². The second kappa shape index (κ2) is 8.94. The molecule has 0 saturated carbocycles. The minimum atomic E-state index is -0.00480. The van der Waals surface area contributed by atoms with Gasteiger partial charge in [0.15, 0.2) is 0 Å². The molecule has 1 aliphatic heterocycles. The summed E-state index contributed by atoms with van der Waals surface area (Å²) in [7, 11) is 1.66. The van der Waals surface area contributed by atoms with Gasteiger partial charge in [-0.3, -0.25) is 4.99 Å². The van der Waals surface area contributed by atoms with Crippen molar-refractivity contribution in [2.24, 2.45) is 4.99 Å². The maximum Gasteiger partial charge on any atom is 0.144 e. The van der Waals surface area contributed by atoms with Gasteiger partial charge in [-0.2, -0.15) is 0 Å². The quantitative estimate of drug-likeness (QED) is 0.326. The molecule has 1 atom stereocenters. The molecule has 156 valence electrons. The Morgan fingerprint density at radius 1 is 0.750 bits per heavy atom. The molecule has 1 heterocycles. The summed E-state index contributed by atoms with van der Waals surface area (Å²) in [4.78, 5) is 4.84. The number of para-hydroxylation sites is 3. The van der Waals surface area contributed by atoms with Crippen LogP contribution < -0.4 is 9.47 Å². The summed E-state index contributed by atoms with van der Waals surface area (Å²) in [5.74, 6) is 2.42. The number of allylic oxidation sites excluding steroid dienone is 1. The number of aliphatic imine (C=N–C) groups is 1. The average Bonchev–Trinajstić information content (AvgIpc) is 2.87. The molecular weight excluding hydrogens is 394 g/mol. The lowest BCUT2D eigenvalue weighted by molar-refractivity contribution is 0.416. The smallest absolute Gasteiger partial charge is 0.144 e. The second-order valence-electron chi connectivity index (χ2n) is 7.56. The van der Waals surface area contributed by atoms with Crippen LogP contribution in [0.15, 0.2) is 120 Å². The molecule has 0 unspecified atom stereocenters. The highest BCUT2D eigenvalue weighted by Crippen LogP contribution is 2.45. The van der Waals surface area contributed by atoms with Crippen molar-refractivity contribution in [2.75, 3.05) is 7.11 Å². The van der Waals surface area contributed by atoms with Crippen LogP contribution in [0.1, 0.15) is 22.6 Å². The first kappa shape index (κ1) is 19.8. The van der Waals surface area contributed by atoms with E-state index in [-0.39, 0.29) is 5.92 Å². The molecule has 1 aliphatic rings. The Morgan fingerprint density at radius 2 is 1.41 bits per heavy atom. The van der Waals surface area contributed by atoms with Crippen LogP contribution >= 0.6 is 0 Å². The predicted molar refractivity (Wildman–Crippen MR) is 130 cm³/mol. The molecule has 0 N–H and O–H groups in total. The SMILES string of the molecule is COc1ccccc1N=CC1=C(c2ccccc2)Oc2ccccc2[C@@H]1c1ccccc1. The van der Waals surface area contributed by atoms with E-state index in [0.717, 1.165) is 39.6 Å². The third kappa shape index (κ3) is 3.81. The molecule has 0 amide bonds. The molecular formula is C29H23NO2. The molecule has 4 aromatic rings. The van der Waals surface area contributed by atoms with Crippen molar-refractivity contribution in [1.29, 1.82) is 0 Å². The molecule has 0 bridgehead atoms. The van der Waals surface area contributed by atoms with Gasteiger partial charge >= 0.3 is 0 Å². The molecule has 0 spiro atoms. The van der Waals surface area contributed by atoms with E-state index in [9.17, 15) is 0 Å². The van der Waals surface area contributed by atoms with E-state index >= 15 is 0 Å². The van der Waals surface area contributed by atoms with E-state index in [0.29, 0.717) is 0 Å². The highest BCUT2D eigenvalue weighted by molar-refractivity contribution is 5.95. The Morgan fingerprint density at radius 3 is 2.19 bits per heavy atom. The van der Waals surface area contributed by atoms with Gasteiger partial charge in [0.1, 0.15) is 22.9 Å². The van der Waals surface area contributed by atoms with Crippen molar-refractivity contribution >= 4 is 17.7 Å². The van der Waals surface area contributed by atoms with E-state index < -0.39 is 0 Å². The zero-order chi connectivity index (χ0) is 21.8. The van der Waals surface area contributed by atoms with Gasteiger partial charge in [-0.15, -0.1) is 0 Å². The summed E-state index contributed by atoms with van der Waals surface area (Å²) in [6, 6.07) is 36.7. The maximum atomic E-state index is 6.48. The van der Waals surface area contributed by atoms with Crippen molar-refractivity contribution in [2.45, 2.75) is 5.92 Å². The van der Waals surface area contributed by atoms with Crippen LogP contribution in [-0.2, 0) is 0 Å². The summed E-state index contributed by atoms with van der Waals surface area (Å²) >= 11 is 0. The number of hydrogen-bond acceptors (Lipinski definition) is 3.